The van der Waals surface area contributed by atoms with Crippen LogP contribution >= 0.6 is 11.6 Å². The Bertz CT molecular complexity index is 372. The molecule has 0 spiro atoms. The molecule has 1 aromatic carbocycles. The quantitative estimate of drug-likeness (QED) is 0.892. The van der Waals surface area contributed by atoms with Gasteiger partial charge in [0.25, 0.3) is 0 Å². The van der Waals surface area contributed by atoms with Gasteiger partial charge in [0, 0.05) is 29.8 Å². The van der Waals surface area contributed by atoms with Gasteiger partial charge in [-0.15, -0.1) is 0 Å². The number of rotatable bonds is 4. The third-order valence-electron chi connectivity index (χ3n) is 3.50. The molecule has 0 aromatic heterocycles. The van der Waals surface area contributed by atoms with Gasteiger partial charge in [-0.2, -0.15) is 0 Å². The van der Waals surface area contributed by atoms with Crippen molar-refractivity contribution < 1.29 is 0 Å². The highest BCUT2D eigenvalue weighted by Gasteiger charge is 2.17. The highest BCUT2D eigenvalue weighted by Crippen LogP contribution is 2.28. The van der Waals surface area contributed by atoms with E-state index in [2.05, 4.69) is 24.0 Å². The van der Waals surface area contributed by atoms with Crippen LogP contribution in [0.1, 0.15) is 31.7 Å². The van der Waals surface area contributed by atoms with Gasteiger partial charge in [0.05, 0.1) is 0 Å². The fourth-order valence-electron chi connectivity index (χ4n) is 2.39. The third kappa shape index (κ3) is 3.14. The lowest BCUT2D eigenvalue weighted by Crippen LogP contribution is -2.24. The molecule has 1 saturated heterocycles. The van der Waals surface area contributed by atoms with E-state index in [1.165, 1.54) is 24.1 Å². The van der Waals surface area contributed by atoms with E-state index in [0.29, 0.717) is 0 Å². The Morgan fingerprint density at radius 2 is 2.06 bits per heavy atom. The van der Waals surface area contributed by atoms with Crippen molar-refractivity contribution in [1.82, 2.24) is 0 Å². The fourth-order valence-corrected chi connectivity index (χ4v) is 2.56. The van der Waals surface area contributed by atoms with Gasteiger partial charge in [0.1, 0.15) is 0 Å². The zero-order chi connectivity index (χ0) is 12.3. The smallest absolute Gasteiger partial charge is 0.0426 e. The average molecular weight is 253 g/mol. The minimum atomic E-state index is 0.248. The Hall–Kier alpha value is -0.730. The lowest BCUT2D eigenvalue weighted by atomic mass is 10.0. The molecule has 0 amide bonds. The summed E-state index contributed by atoms with van der Waals surface area (Å²) in [6, 6.07) is 6.44. The highest BCUT2D eigenvalue weighted by atomic mass is 35.5. The molecular weight excluding hydrogens is 232 g/mol. The summed E-state index contributed by atoms with van der Waals surface area (Å²) in [5, 5.41) is 0.820. The van der Waals surface area contributed by atoms with Gasteiger partial charge >= 0.3 is 0 Å². The first-order valence-electron chi connectivity index (χ1n) is 6.49. The molecule has 2 nitrogen and oxygen atoms in total. The second-order valence-electron chi connectivity index (χ2n) is 4.84. The van der Waals surface area contributed by atoms with Crippen LogP contribution in [0.25, 0.3) is 0 Å². The van der Waals surface area contributed by atoms with Gasteiger partial charge in [-0.05, 0) is 43.4 Å². The first-order chi connectivity index (χ1) is 8.20. The Morgan fingerprint density at radius 1 is 1.35 bits per heavy atom. The van der Waals surface area contributed by atoms with Crippen molar-refractivity contribution in [3.8, 4) is 0 Å². The maximum atomic E-state index is 6.11. The van der Waals surface area contributed by atoms with E-state index in [0.717, 1.165) is 31.0 Å². The number of benzene rings is 1. The molecule has 3 heteroatoms. The Balaban J connectivity index is 2.23. The van der Waals surface area contributed by atoms with E-state index < -0.39 is 0 Å². The molecule has 1 unspecified atom stereocenters. The average Bonchev–Trinajstić information content (AvgIpc) is 2.84. The summed E-state index contributed by atoms with van der Waals surface area (Å²) >= 11 is 6.11. The van der Waals surface area contributed by atoms with Crippen LogP contribution in [0.3, 0.4) is 0 Å². The predicted octanol–water partition coefficient (Wildman–Crippen LogP) is 3.22. The van der Waals surface area contributed by atoms with Gasteiger partial charge < -0.3 is 10.6 Å². The fraction of sp³-hybridized carbons (Fsp3) is 0.571. The molecule has 1 heterocycles. The van der Waals surface area contributed by atoms with Crippen LogP contribution in [0.2, 0.25) is 5.02 Å². The number of hydrogen-bond acceptors (Lipinski definition) is 2. The Morgan fingerprint density at radius 3 is 2.71 bits per heavy atom. The molecular formula is C14H21ClN2. The standard InChI is InChI=1S/C14H21ClN2/c1-2-13(16)9-11-5-6-12(15)10-14(11)17-7-3-4-8-17/h5-6,10,13H,2-4,7-9,16H2,1H3. The largest absolute Gasteiger partial charge is 0.371 e. The Labute approximate surface area is 109 Å². The van der Waals surface area contributed by atoms with Crippen molar-refractivity contribution in [2.24, 2.45) is 5.73 Å². The topological polar surface area (TPSA) is 29.3 Å². The summed E-state index contributed by atoms with van der Waals surface area (Å²) in [7, 11) is 0. The van der Waals surface area contributed by atoms with Crippen LogP contribution in [0.5, 0.6) is 0 Å². The molecule has 1 fully saturated rings. The summed E-state index contributed by atoms with van der Waals surface area (Å²) < 4.78 is 0. The van der Waals surface area contributed by atoms with Crippen molar-refractivity contribution in [1.29, 1.82) is 0 Å². The van der Waals surface area contributed by atoms with Crippen LogP contribution in [0.15, 0.2) is 18.2 Å². The maximum Gasteiger partial charge on any atom is 0.0426 e. The number of nitrogens with two attached hydrogens (primary N) is 1. The van der Waals surface area contributed by atoms with Crippen molar-refractivity contribution in [3.05, 3.63) is 28.8 Å². The highest BCUT2D eigenvalue weighted by molar-refractivity contribution is 6.30. The van der Waals surface area contributed by atoms with Gasteiger partial charge in [-0.3, -0.25) is 0 Å². The van der Waals surface area contributed by atoms with E-state index in [1.54, 1.807) is 0 Å². The summed E-state index contributed by atoms with van der Waals surface area (Å²) in [5.41, 5.74) is 8.69. The monoisotopic (exact) mass is 252 g/mol. The molecule has 94 valence electrons. The molecule has 0 aliphatic carbocycles. The number of hydrogen-bond donors (Lipinski definition) is 1. The van der Waals surface area contributed by atoms with E-state index in [-0.39, 0.29) is 6.04 Å². The number of anilines is 1. The Kier molecular flexibility index (Phi) is 4.30. The van der Waals surface area contributed by atoms with E-state index in [4.69, 9.17) is 17.3 Å². The molecule has 2 N–H and O–H groups in total. The van der Waals surface area contributed by atoms with Crippen LogP contribution in [-0.4, -0.2) is 19.1 Å². The van der Waals surface area contributed by atoms with Gasteiger partial charge in [0.2, 0.25) is 0 Å². The van der Waals surface area contributed by atoms with Crippen LogP contribution < -0.4 is 10.6 Å². The van der Waals surface area contributed by atoms with E-state index in [1.807, 2.05) is 6.07 Å². The molecule has 1 atom stereocenters. The minimum absolute atomic E-state index is 0.248. The zero-order valence-electron chi connectivity index (χ0n) is 10.5. The first-order valence-corrected chi connectivity index (χ1v) is 6.87. The summed E-state index contributed by atoms with van der Waals surface area (Å²) in [6.45, 7) is 4.43. The summed E-state index contributed by atoms with van der Waals surface area (Å²) in [5.74, 6) is 0. The van der Waals surface area contributed by atoms with E-state index >= 15 is 0 Å². The van der Waals surface area contributed by atoms with Crippen molar-refractivity contribution in [3.63, 3.8) is 0 Å². The molecule has 0 saturated carbocycles. The SMILES string of the molecule is CCC(N)Cc1ccc(Cl)cc1N1CCCC1. The normalized spacial score (nSPS) is 17.5. The van der Waals surface area contributed by atoms with Crippen molar-refractivity contribution in [2.45, 2.75) is 38.6 Å². The van der Waals surface area contributed by atoms with Crippen molar-refractivity contribution in [2.75, 3.05) is 18.0 Å². The summed E-state index contributed by atoms with van der Waals surface area (Å²) in [4.78, 5) is 2.43. The van der Waals surface area contributed by atoms with E-state index in [9.17, 15) is 0 Å². The second kappa shape index (κ2) is 5.74. The maximum absolute atomic E-state index is 6.11. The van der Waals surface area contributed by atoms with Crippen molar-refractivity contribution >= 4 is 17.3 Å². The van der Waals surface area contributed by atoms with Crippen LogP contribution in [0.4, 0.5) is 5.69 Å². The molecule has 0 radical (unpaired) electrons. The van der Waals surface area contributed by atoms with Crippen LogP contribution in [0, 0.1) is 0 Å². The minimum Gasteiger partial charge on any atom is -0.371 e. The zero-order valence-corrected chi connectivity index (χ0v) is 11.2. The predicted molar refractivity (Wildman–Crippen MR) is 74.9 cm³/mol. The molecule has 1 aliphatic heterocycles. The third-order valence-corrected chi connectivity index (χ3v) is 3.74. The second-order valence-corrected chi connectivity index (χ2v) is 5.28. The molecule has 2 rings (SSSR count). The number of halogens is 1. The number of nitrogens with zero attached hydrogens (tertiary/aromatic N) is 1. The van der Waals surface area contributed by atoms with Crippen LogP contribution in [-0.2, 0) is 6.42 Å². The van der Waals surface area contributed by atoms with Gasteiger partial charge in [0.15, 0.2) is 0 Å². The lowest BCUT2D eigenvalue weighted by molar-refractivity contribution is 0.645. The lowest BCUT2D eigenvalue weighted by Gasteiger charge is -2.23. The van der Waals surface area contributed by atoms with Gasteiger partial charge in [-0.25, -0.2) is 0 Å². The molecule has 1 aromatic rings. The molecule has 0 bridgehead atoms. The molecule has 17 heavy (non-hydrogen) atoms. The molecule has 1 aliphatic rings. The first kappa shape index (κ1) is 12.7. The van der Waals surface area contributed by atoms with Gasteiger partial charge in [-0.1, -0.05) is 24.6 Å². The summed E-state index contributed by atoms with van der Waals surface area (Å²) in [6.07, 6.45) is 4.53.